The highest BCUT2D eigenvalue weighted by Gasteiger charge is 2.20. The molecule has 5 rings (SSSR count). The third kappa shape index (κ3) is 6.17. The number of benzene rings is 3. The maximum Gasteiger partial charge on any atom is 0.335 e. The smallest absolute Gasteiger partial charge is 0.335 e. The van der Waals surface area contributed by atoms with Crippen LogP contribution in [-0.4, -0.2) is 33.8 Å². The molecule has 0 saturated carbocycles. The van der Waals surface area contributed by atoms with Crippen molar-refractivity contribution in [3.63, 3.8) is 0 Å². The fourth-order valence-electron chi connectivity index (χ4n) is 4.62. The van der Waals surface area contributed by atoms with E-state index in [1.54, 1.807) is 42.6 Å². The van der Waals surface area contributed by atoms with Gasteiger partial charge >= 0.3 is 5.97 Å². The molecule has 7 heteroatoms. The Kier molecular flexibility index (Phi) is 7.51. The molecule has 1 aliphatic rings. The van der Waals surface area contributed by atoms with E-state index in [2.05, 4.69) is 22.4 Å². The molecule has 2 atom stereocenters. The van der Waals surface area contributed by atoms with Crippen LogP contribution in [0.2, 0.25) is 5.02 Å². The molecule has 0 amide bonds. The number of fused-ring (bicyclic) bond motifs is 1. The van der Waals surface area contributed by atoms with E-state index in [1.165, 1.54) is 11.1 Å². The number of aromatic carboxylic acids is 1. The number of ether oxygens (including phenoxy) is 1. The lowest BCUT2D eigenvalue weighted by Crippen LogP contribution is -2.37. The van der Waals surface area contributed by atoms with Crippen molar-refractivity contribution in [1.29, 1.82) is 0 Å². The Labute approximate surface area is 220 Å². The fraction of sp³-hybridized carbons (Fsp3) is 0.200. The summed E-state index contributed by atoms with van der Waals surface area (Å²) in [5.74, 6) is 0.265. The Balaban J connectivity index is 1.20. The summed E-state index contributed by atoms with van der Waals surface area (Å²) in [6.45, 7) is 0.464. The lowest BCUT2D eigenvalue weighted by molar-refractivity contribution is 0.0697. The number of nitrogens with one attached hydrogen (secondary N) is 1. The zero-order chi connectivity index (χ0) is 25.8. The molecule has 0 fully saturated rings. The first-order valence-electron chi connectivity index (χ1n) is 12.2. The lowest BCUT2D eigenvalue weighted by atomic mass is 9.88. The first-order chi connectivity index (χ1) is 17.9. The molecule has 188 valence electrons. The van der Waals surface area contributed by atoms with Crippen LogP contribution in [0.25, 0.3) is 11.1 Å². The molecule has 0 aliphatic heterocycles. The number of pyridine rings is 1. The van der Waals surface area contributed by atoms with Gasteiger partial charge in [-0.1, -0.05) is 41.9 Å². The summed E-state index contributed by atoms with van der Waals surface area (Å²) in [7, 11) is 0. The van der Waals surface area contributed by atoms with Crippen LogP contribution in [0.3, 0.4) is 0 Å². The molecule has 3 N–H and O–H groups in total. The highest BCUT2D eigenvalue weighted by molar-refractivity contribution is 6.30. The van der Waals surface area contributed by atoms with Crippen molar-refractivity contribution in [3.05, 3.63) is 112 Å². The average molecular weight is 515 g/mol. The van der Waals surface area contributed by atoms with Gasteiger partial charge in [0.25, 0.3) is 0 Å². The van der Waals surface area contributed by atoms with Crippen LogP contribution in [0, 0.1) is 0 Å². The largest absolute Gasteiger partial charge is 0.478 e. The molecule has 4 aromatic rings. The molecule has 0 unspecified atom stereocenters. The van der Waals surface area contributed by atoms with Crippen LogP contribution >= 0.6 is 11.6 Å². The van der Waals surface area contributed by atoms with E-state index >= 15 is 0 Å². The minimum atomic E-state index is -0.948. The summed E-state index contributed by atoms with van der Waals surface area (Å²) < 4.78 is 6.03. The first-order valence-corrected chi connectivity index (χ1v) is 12.6. The molecule has 1 aromatic heterocycles. The molecule has 0 radical (unpaired) electrons. The van der Waals surface area contributed by atoms with Crippen LogP contribution in [0.1, 0.15) is 39.6 Å². The number of aryl methyl sites for hydroxylation is 1. The summed E-state index contributed by atoms with van der Waals surface area (Å²) in [6.07, 6.45) is 3.93. The second-order valence-electron chi connectivity index (χ2n) is 9.22. The highest BCUT2D eigenvalue weighted by Crippen LogP contribution is 2.29. The van der Waals surface area contributed by atoms with Gasteiger partial charge in [-0.15, -0.1) is 0 Å². The molecule has 0 spiro atoms. The van der Waals surface area contributed by atoms with Crippen molar-refractivity contribution in [2.45, 2.75) is 31.4 Å². The van der Waals surface area contributed by atoms with Crippen LogP contribution in [0.4, 0.5) is 0 Å². The molecule has 3 aromatic carbocycles. The number of aliphatic hydroxyl groups is 1. The van der Waals surface area contributed by atoms with Crippen molar-refractivity contribution in [3.8, 4) is 22.8 Å². The molecular weight excluding hydrogens is 488 g/mol. The number of aromatic nitrogens is 1. The van der Waals surface area contributed by atoms with Crippen LogP contribution < -0.4 is 10.1 Å². The Bertz CT molecular complexity index is 1390. The Morgan fingerprint density at radius 1 is 1.03 bits per heavy atom. The lowest BCUT2D eigenvalue weighted by Gasteiger charge is -2.27. The van der Waals surface area contributed by atoms with E-state index in [-0.39, 0.29) is 11.6 Å². The van der Waals surface area contributed by atoms with Gasteiger partial charge in [0.1, 0.15) is 5.75 Å². The summed E-state index contributed by atoms with van der Waals surface area (Å²) in [5.41, 5.74) is 5.37. The third-order valence-corrected chi connectivity index (χ3v) is 6.90. The number of carbonyl (C=O) groups is 1. The van der Waals surface area contributed by atoms with E-state index in [0.29, 0.717) is 17.4 Å². The molecule has 1 aliphatic carbocycles. The normalized spacial score (nSPS) is 15.6. The van der Waals surface area contributed by atoms with Crippen LogP contribution in [0.5, 0.6) is 11.6 Å². The SMILES string of the molecule is O=C(O)c1ccc(-c2ccc(Oc3ccc4c(c3)C[C@@H](NC[C@@H](O)c3cccc(Cl)c3)CC4)nc2)cc1. The highest BCUT2D eigenvalue weighted by atomic mass is 35.5. The summed E-state index contributed by atoms with van der Waals surface area (Å²) >= 11 is 6.05. The van der Waals surface area contributed by atoms with Crippen LogP contribution in [0.15, 0.2) is 85.1 Å². The van der Waals surface area contributed by atoms with E-state index in [4.69, 9.17) is 21.4 Å². The van der Waals surface area contributed by atoms with Crippen LogP contribution in [-0.2, 0) is 12.8 Å². The first kappa shape index (κ1) is 25.0. The van der Waals surface area contributed by atoms with Crippen molar-refractivity contribution in [1.82, 2.24) is 10.3 Å². The van der Waals surface area contributed by atoms with Crippen molar-refractivity contribution in [2.75, 3.05) is 6.54 Å². The molecule has 0 bridgehead atoms. The summed E-state index contributed by atoms with van der Waals surface area (Å²) in [6, 6.07) is 24.1. The van der Waals surface area contributed by atoms with Crippen molar-refractivity contribution >= 4 is 17.6 Å². The number of hydrogen-bond acceptors (Lipinski definition) is 5. The quantitative estimate of drug-likeness (QED) is 0.264. The fourth-order valence-corrected chi connectivity index (χ4v) is 4.82. The Morgan fingerprint density at radius 2 is 1.84 bits per heavy atom. The zero-order valence-corrected chi connectivity index (χ0v) is 20.9. The van der Waals surface area contributed by atoms with Gasteiger partial charge in [0.2, 0.25) is 5.88 Å². The average Bonchev–Trinajstić information content (AvgIpc) is 2.92. The Morgan fingerprint density at radius 3 is 2.57 bits per heavy atom. The minimum absolute atomic E-state index is 0.249. The van der Waals surface area contributed by atoms with Crippen molar-refractivity contribution in [2.24, 2.45) is 0 Å². The second kappa shape index (κ2) is 11.1. The predicted molar refractivity (Wildman–Crippen MR) is 143 cm³/mol. The molecule has 1 heterocycles. The third-order valence-electron chi connectivity index (χ3n) is 6.66. The van der Waals surface area contributed by atoms with Gasteiger partial charge < -0.3 is 20.3 Å². The standard InChI is InChI=1S/C30H27ClN2O4/c31-25-3-1-2-22(14-25)28(34)18-32-26-11-8-20-9-12-27(16-24(20)15-26)37-29-13-10-23(17-33-29)19-4-6-21(7-5-19)30(35)36/h1-7,9-10,12-14,16-17,26,28,32,34H,8,11,15,18H2,(H,35,36)/t26-,28+/m0/s1. The molecule has 37 heavy (non-hydrogen) atoms. The number of carboxylic acids is 1. The summed E-state index contributed by atoms with van der Waals surface area (Å²) in [4.78, 5) is 15.5. The Hall–Kier alpha value is -3.71. The van der Waals surface area contributed by atoms with E-state index in [9.17, 15) is 9.90 Å². The number of halogens is 1. The number of aliphatic hydroxyl groups excluding tert-OH is 1. The van der Waals surface area contributed by atoms with Gasteiger partial charge in [-0.05, 0) is 84.0 Å². The van der Waals surface area contributed by atoms with E-state index in [1.807, 2.05) is 30.3 Å². The van der Waals surface area contributed by atoms with Gasteiger partial charge in [-0.25, -0.2) is 9.78 Å². The van der Waals surface area contributed by atoms with Gasteiger partial charge in [-0.2, -0.15) is 0 Å². The molecule has 6 nitrogen and oxygen atoms in total. The van der Waals surface area contributed by atoms with Gasteiger partial charge in [-0.3, -0.25) is 0 Å². The topological polar surface area (TPSA) is 91.7 Å². The van der Waals surface area contributed by atoms with E-state index < -0.39 is 12.1 Å². The number of hydrogen-bond donors (Lipinski definition) is 3. The number of rotatable bonds is 8. The maximum atomic E-state index is 11.1. The minimum Gasteiger partial charge on any atom is -0.478 e. The molecule has 0 saturated heterocycles. The van der Waals surface area contributed by atoms with Gasteiger partial charge in [0.05, 0.1) is 11.7 Å². The summed E-state index contributed by atoms with van der Waals surface area (Å²) in [5, 5.41) is 23.7. The number of carboxylic acid groups (broad SMARTS) is 1. The predicted octanol–water partition coefficient (Wildman–Crippen LogP) is 6.07. The van der Waals surface area contributed by atoms with Crippen molar-refractivity contribution < 1.29 is 19.7 Å². The van der Waals surface area contributed by atoms with Gasteiger partial charge in [0.15, 0.2) is 0 Å². The maximum absolute atomic E-state index is 11.1. The monoisotopic (exact) mass is 514 g/mol. The molecular formula is C30H27ClN2O4. The second-order valence-corrected chi connectivity index (χ2v) is 9.66. The van der Waals surface area contributed by atoms with Gasteiger partial charge in [0, 0.05) is 35.4 Å². The number of nitrogens with zero attached hydrogens (tertiary/aromatic N) is 1. The zero-order valence-electron chi connectivity index (χ0n) is 20.1. The van der Waals surface area contributed by atoms with E-state index in [0.717, 1.165) is 41.7 Å².